The summed E-state index contributed by atoms with van der Waals surface area (Å²) in [5.41, 5.74) is -1.95. The van der Waals surface area contributed by atoms with E-state index in [1.807, 2.05) is 13.8 Å². The number of nitrogens with zero attached hydrogens (tertiary/aromatic N) is 2. The summed E-state index contributed by atoms with van der Waals surface area (Å²) in [7, 11) is 4.88. The predicted octanol–water partition coefficient (Wildman–Crippen LogP) is 22.0. The number of benzene rings is 9. The number of hydrogen-bond donors (Lipinski definition) is 2. The molecule has 2 N–H and O–H groups in total. The van der Waals surface area contributed by atoms with E-state index in [-0.39, 0.29) is 141 Å². The van der Waals surface area contributed by atoms with Crippen molar-refractivity contribution in [3.63, 3.8) is 0 Å². The smallest absolute Gasteiger partial charge is 0.339 e. The number of esters is 2. The summed E-state index contributed by atoms with van der Waals surface area (Å²) in [6.45, 7) is 10.4. The number of hydrogen-bond acceptors (Lipinski definition) is 18. The second-order valence-corrected chi connectivity index (χ2v) is 31.2. The molecule has 0 radical (unpaired) electrons. The second kappa shape index (κ2) is 44.6. The Balaban J connectivity index is 0.000000183. The van der Waals surface area contributed by atoms with E-state index in [0.717, 1.165) is 72.3 Å². The number of ether oxygens (including phenoxy) is 5. The van der Waals surface area contributed by atoms with Gasteiger partial charge >= 0.3 is 23.9 Å². The molecule has 0 fully saturated rings. The zero-order chi connectivity index (χ0) is 97.2. The number of halogens is 15. The second-order valence-electron chi connectivity index (χ2n) is 30.8. The van der Waals surface area contributed by atoms with Gasteiger partial charge in [-0.1, -0.05) is 54.6 Å². The van der Waals surface area contributed by atoms with Gasteiger partial charge in [-0.3, -0.25) is 29.0 Å². The van der Waals surface area contributed by atoms with Gasteiger partial charge < -0.3 is 47.1 Å². The van der Waals surface area contributed by atoms with Crippen LogP contribution in [0, 0.1) is 69.8 Å². The number of para-hydroxylation sites is 6. The Bertz CT molecular complexity index is 6290. The third-order valence-electron chi connectivity index (χ3n) is 20.1. The number of carboxylic acids is 2. The van der Waals surface area contributed by atoms with Crippen LogP contribution in [0.3, 0.4) is 0 Å². The normalized spacial score (nSPS) is 15.1. The molecule has 0 saturated heterocycles. The van der Waals surface area contributed by atoms with Gasteiger partial charge in [0.15, 0.2) is 81.8 Å². The minimum atomic E-state index is -1.68. The number of rotatable bonds is 19. The topological polar surface area (TPSA) is 269 Å². The van der Waals surface area contributed by atoms with Gasteiger partial charge in [0.25, 0.3) is 5.24 Å². The van der Waals surface area contributed by atoms with Gasteiger partial charge in [0.2, 0.25) is 5.78 Å². The minimum absolute atomic E-state index is 0.00417. The zero-order valence-corrected chi connectivity index (χ0v) is 72.8. The Morgan fingerprint density at radius 2 is 0.879 bits per heavy atom. The van der Waals surface area contributed by atoms with Crippen molar-refractivity contribution in [1.29, 1.82) is 0 Å². The number of alkyl halides is 2. The molecule has 6 heterocycles. The van der Waals surface area contributed by atoms with Gasteiger partial charge in [-0.05, 0) is 199 Å². The van der Waals surface area contributed by atoms with Crippen LogP contribution in [0.25, 0.3) is 51.1 Å². The molecule has 694 valence electrons. The van der Waals surface area contributed by atoms with Gasteiger partial charge in [-0.15, -0.1) is 0 Å². The van der Waals surface area contributed by atoms with Crippen molar-refractivity contribution in [1.82, 2.24) is 9.80 Å². The molecule has 3 aromatic heterocycles. The van der Waals surface area contributed by atoms with Crippen molar-refractivity contribution in [2.24, 2.45) is 0 Å². The Kier molecular flexibility index (Phi) is 34.3. The largest absolute Gasteiger partial charge is 0.493 e. The van der Waals surface area contributed by atoms with Crippen molar-refractivity contribution in [3.8, 4) is 17.2 Å². The number of carboxylic acid groups (broad SMARTS) is 2. The maximum atomic E-state index is 15.4. The fourth-order valence-corrected chi connectivity index (χ4v) is 14.6. The highest BCUT2D eigenvalue weighted by Gasteiger charge is 2.45. The van der Waals surface area contributed by atoms with Gasteiger partial charge in [0.1, 0.15) is 81.2 Å². The molecule has 0 spiro atoms. The molecule has 3 aliphatic heterocycles. The molecule has 4 atom stereocenters. The maximum Gasteiger partial charge on any atom is 0.339 e. The molecule has 20 nitrogen and oxygen atoms in total. The van der Waals surface area contributed by atoms with E-state index >= 15 is 17.6 Å². The predicted molar refractivity (Wildman–Crippen MR) is 459 cm³/mol. The first kappa shape index (κ1) is 102. The van der Waals surface area contributed by atoms with Crippen LogP contribution >= 0.6 is 11.6 Å². The number of ketones is 2. The molecule has 3 aliphatic rings. The third-order valence-corrected chi connectivity index (χ3v) is 20.3. The quantitative estimate of drug-likeness (QED) is 0.0250. The fourth-order valence-electron chi connectivity index (χ4n) is 14.5. The lowest BCUT2D eigenvalue weighted by atomic mass is 9.87. The monoisotopic (exact) mass is 1860 g/mol. The number of carbonyl (C=O) groups is 8. The van der Waals surface area contributed by atoms with Crippen LogP contribution in [-0.4, -0.2) is 139 Å². The highest BCUT2D eigenvalue weighted by atomic mass is 35.5. The Labute approximate surface area is 749 Å². The van der Waals surface area contributed by atoms with Gasteiger partial charge in [-0.25, -0.2) is 80.6 Å². The number of carbonyl (C=O) groups excluding carboxylic acids is 6. The Morgan fingerprint density at radius 1 is 0.500 bits per heavy atom. The summed E-state index contributed by atoms with van der Waals surface area (Å²) in [5, 5.41) is 18.4. The van der Waals surface area contributed by atoms with Crippen molar-refractivity contribution >= 4 is 110 Å². The first-order valence-corrected chi connectivity index (χ1v) is 40.0. The van der Waals surface area contributed by atoms with Crippen molar-refractivity contribution in [2.75, 3.05) is 48.1 Å². The first-order valence-electron chi connectivity index (χ1n) is 39.6. The molecular weight excluding hydrogens is 1780 g/mol. The lowest BCUT2D eigenvalue weighted by Gasteiger charge is -2.42. The number of fused-ring (bicyclic) bond motifs is 8. The standard InChI is InChI=1S/C26H25F4NO3.C25H23F4NO3.C11H8F2O3.C11H9FO2.C8H6ClFO2.C8H7FO3.C8H5FO2/c1-14-10-17-16-6-5-7-18(27)24(16)34-25(17)23(31(14)13-26(2,3)30)22-19(28)11-15(12-20(22)29)8-9-21(32)33-4;1-13-9-16-15-5-4-6-17(26)23(15)33-24(16)22(30(13)12-25(2,3)29)21-18(27)10-14(11-19(21)28)7-8-20(31)32;1-16-11(15)3-2-7-4-9(12)8(6-14)10(13)5-7;1-7(13)5-8-6-14-11-9(8)3-2-4-10(11)12;1-12-7-5(8(9)11)3-2-4-6(7)10;1-12-7-5(8(10)11)3-2-4-6(7)9;9-6-3-1-2-5-7(10)4-11-8(5)6/h5-9,11-12,14,23H,10,13H2,1-4H3;4-8,10-11,13,22H,9,12H2,1-3H3,(H,31,32);2-6H,1H3;2-4,6H,5H2,1H3;2-4H,1H3;2-4H,1H3,(H,10,11);1-3H,4H2/b9-8+;8-7+;3-2+;;;;. The van der Waals surface area contributed by atoms with Crippen LogP contribution in [-0.2, 0) is 47.9 Å². The third kappa shape index (κ3) is 25.1. The molecule has 0 amide bonds. The molecule has 35 heteroatoms. The molecule has 12 aromatic rings. The van der Waals surface area contributed by atoms with Crippen molar-refractivity contribution in [2.45, 2.75) is 103 Å². The molecule has 0 saturated carbocycles. The van der Waals surface area contributed by atoms with E-state index < -0.39 is 128 Å². The highest BCUT2D eigenvalue weighted by Crippen LogP contribution is 2.48. The Morgan fingerprint density at radius 3 is 1.25 bits per heavy atom. The summed E-state index contributed by atoms with van der Waals surface area (Å²) >= 11 is 5.17. The summed E-state index contributed by atoms with van der Waals surface area (Å²) in [5.74, 6) is -12.7. The molecule has 4 unspecified atom stereocenters. The van der Waals surface area contributed by atoms with Crippen molar-refractivity contribution < 1.29 is 147 Å². The number of aldehydes is 1. The van der Waals surface area contributed by atoms with Crippen LogP contribution in [0.4, 0.5) is 61.5 Å². The SMILES string of the molecule is CC(=O)Cc1coc2c(F)cccc12.CC1Cc2c(oc3c(F)cccc23)C(c2c(F)cc(/C=C/C(=O)O)cc2F)N1CC(C)(C)F.COC(=O)/C=C/c1cc(F)c(C2c3oc4c(F)cccc4c3CC(C)N2CC(C)(C)F)c(F)c1.COC(=O)/C=C/c1cc(F)c(C=O)c(F)c1.COc1c(F)cccc1C(=O)Cl.COc1c(F)cccc1C(=O)O.O=C1COc2c(F)cccc21. The average molecular weight is 1870 g/mol. The summed E-state index contributed by atoms with van der Waals surface area (Å²) in [4.78, 5) is 89.4. The molecule has 15 rings (SSSR count). The molecule has 9 aromatic carbocycles. The van der Waals surface area contributed by atoms with E-state index in [4.69, 9.17) is 39.8 Å². The average Bonchev–Trinajstić information content (AvgIpc) is 1.56. The van der Waals surface area contributed by atoms with Crippen LogP contribution in [0.1, 0.15) is 158 Å². The zero-order valence-electron chi connectivity index (χ0n) is 72.0. The lowest BCUT2D eigenvalue weighted by Crippen LogP contribution is -2.48. The lowest BCUT2D eigenvalue weighted by molar-refractivity contribution is -0.135. The number of furan rings is 3. The van der Waals surface area contributed by atoms with Crippen molar-refractivity contribution in [3.05, 3.63) is 318 Å². The summed E-state index contributed by atoms with van der Waals surface area (Å²) in [6, 6.07) is 28.9. The number of Topliss-reactive ketones (excluding diaryl/α,β-unsaturated/α-hetero) is 2. The van der Waals surface area contributed by atoms with Crippen LogP contribution in [0.2, 0.25) is 0 Å². The van der Waals surface area contributed by atoms with E-state index in [0.29, 0.717) is 45.7 Å². The first-order chi connectivity index (χ1) is 62.3. The minimum Gasteiger partial charge on any atom is -0.493 e. The number of aromatic carboxylic acids is 1. The number of aliphatic carboxylic acids is 1. The molecule has 0 bridgehead atoms. The fraction of sp³-hybridized carbons (Fsp3) is 0.237. The van der Waals surface area contributed by atoms with E-state index in [9.17, 15) is 82.3 Å². The van der Waals surface area contributed by atoms with Gasteiger partial charge in [0, 0.05) is 93.8 Å². The Hall–Kier alpha value is -14.0. The van der Waals surface area contributed by atoms with E-state index in [1.54, 1.807) is 46.2 Å². The van der Waals surface area contributed by atoms with Gasteiger partial charge in [-0.2, -0.15) is 0 Å². The van der Waals surface area contributed by atoms with E-state index in [1.165, 1.54) is 148 Å². The number of methoxy groups -OCH3 is 4. The molecule has 0 aliphatic carbocycles. The summed E-state index contributed by atoms with van der Waals surface area (Å²) < 4.78 is 237. The highest BCUT2D eigenvalue weighted by molar-refractivity contribution is 6.68. The van der Waals surface area contributed by atoms with Crippen LogP contribution < -0.4 is 14.2 Å². The molecular formula is C97H83ClF14N2O18. The van der Waals surface area contributed by atoms with Gasteiger partial charge in [0.05, 0.1) is 51.4 Å². The summed E-state index contributed by atoms with van der Waals surface area (Å²) in [6.07, 6.45) is 8.96. The van der Waals surface area contributed by atoms with Crippen LogP contribution in [0.15, 0.2) is 183 Å². The molecule has 132 heavy (non-hydrogen) atoms. The van der Waals surface area contributed by atoms with E-state index in [2.05, 4.69) is 18.9 Å². The maximum absolute atomic E-state index is 15.4. The van der Waals surface area contributed by atoms with Crippen LogP contribution in [0.5, 0.6) is 17.2 Å².